The van der Waals surface area contributed by atoms with Crippen molar-refractivity contribution in [2.24, 2.45) is 0 Å². The van der Waals surface area contributed by atoms with E-state index in [0.29, 0.717) is 24.3 Å². The van der Waals surface area contributed by atoms with Gasteiger partial charge in [-0.15, -0.1) is 0 Å². The number of hydrogen-bond acceptors (Lipinski definition) is 5. The molecule has 128 valence electrons. The second-order valence-corrected chi connectivity index (χ2v) is 5.36. The first-order chi connectivity index (χ1) is 12.2. The zero-order chi connectivity index (χ0) is 17.6. The van der Waals surface area contributed by atoms with Crippen LogP contribution in [0.1, 0.15) is 16.1 Å². The highest BCUT2D eigenvalue weighted by Crippen LogP contribution is 2.24. The molecule has 0 saturated carbocycles. The number of aromatic nitrogens is 2. The number of nitrogens with one attached hydrogen (secondary N) is 2. The first-order valence-corrected chi connectivity index (χ1v) is 7.72. The third-order valence-corrected chi connectivity index (χ3v) is 3.63. The fraction of sp³-hybridized carbons (Fsp3) is 0.167. The van der Waals surface area contributed by atoms with Gasteiger partial charge in [0.05, 0.1) is 18.4 Å². The summed E-state index contributed by atoms with van der Waals surface area (Å²) in [5.74, 6) is 1.12. The molecule has 0 fully saturated rings. The van der Waals surface area contributed by atoms with Crippen LogP contribution in [0, 0.1) is 0 Å². The molecule has 3 aromatic rings. The summed E-state index contributed by atoms with van der Waals surface area (Å²) in [5, 5.41) is 6.79. The van der Waals surface area contributed by atoms with E-state index in [1.807, 2.05) is 30.3 Å². The number of H-pyrrole nitrogens is 1. The van der Waals surface area contributed by atoms with Crippen molar-refractivity contribution in [1.82, 2.24) is 15.5 Å². The number of carbonyl (C=O) groups is 1. The molecule has 2 N–H and O–H groups in total. The Morgan fingerprint density at radius 2 is 2.16 bits per heavy atom. The monoisotopic (exact) mass is 339 g/mol. The Bertz CT molecular complexity index is 909. The summed E-state index contributed by atoms with van der Waals surface area (Å²) in [6.45, 7) is 0.405. The van der Waals surface area contributed by atoms with Crippen LogP contribution in [-0.2, 0) is 6.42 Å². The van der Waals surface area contributed by atoms with Crippen LogP contribution >= 0.6 is 0 Å². The Kier molecular flexibility index (Phi) is 4.94. The van der Waals surface area contributed by atoms with Crippen molar-refractivity contribution < 1.29 is 14.1 Å². The lowest BCUT2D eigenvalue weighted by Crippen LogP contribution is -2.26. The Labute approximate surface area is 143 Å². The van der Waals surface area contributed by atoms with Crippen LogP contribution in [0.25, 0.3) is 11.3 Å². The Balaban J connectivity index is 1.57. The van der Waals surface area contributed by atoms with E-state index in [4.69, 9.17) is 9.26 Å². The molecule has 0 aliphatic heterocycles. The maximum atomic E-state index is 12.0. The molecule has 0 spiro atoms. The average molecular weight is 339 g/mol. The van der Waals surface area contributed by atoms with Gasteiger partial charge in [0.1, 0.15) is 5.75 Å². The molecule has 0 radical (unpaired) electrons. The first-order valence-electron chi connectivity index (χ1n) is 7.72. The van der Waals surface area contributed by atoms with Crippen molar-refractivity contribution in [2.75, 3.05) is 13.7 Å². The topological polar surface area (TPSA) is 97.2 Å². The lowest BCUT2D eigenvalue weighted by atomic mass is 10.1. The molecule has 2 heterocycles. The Morgan fingerprint density at radius 3 is 2.92 bits per heavy atom. The van der Waals surface area contributed by atoms with Crippen LogP contribution in [0.2, 0.25) is 0 Å². The third-order valence-electron chi connectivity index (χ3n) is 3.63. The highest BCUT2D eigenvalue weighted by atomic mass is 16.5. The van der Waals surface area contributed by atoms with Crippen LogP contribution in [0.3, 0.4) is 0 Å². The fourth-order valence-corrected chi connectivity index (χ4v) is 2.30. The number of carbonyl (C=O) groups excluding carboxylic acids is 1. The van der Waals surface area contributed by atoms with Crippen molar-refractivity contribution in [3.05, 3.63) is 70.3 Å². The smallest absolute Gasteiger partial charge is 0.252 e. The third kappa shape index (κ3) is 4.14. The number of amides is 1. The lowest BCUT2D eigenvalue weighted by Gasteiger charge is -2.03. The van der Waals surface area contributed by atoms with Gasteiger partial charge in [0, 0.05) is 36.9 Å². The number of ether oxygens (including phenoxy) is 1. The van der Waals surface area contributed by atoms with E-state index in [0.717, 1.165) is 17.0 Å². The van der Waals surface area contributed by atoms with Gasteiger partial charge in [-0.3, -0.25) is 9.59 Å². The molecular weight excluding hydrogens is 322 g/mol. The molecule has 0 aliphatic carbocycles. The Morgan fingerprint density at radius 1 is 1.28 bits per heavy atom. The predicted octanol–water partition coefficient (Wildman–Crippen LogP) is 2.01. The minimum absolute atomic E-state index is 0.246. The van der Waals surface area contributed by atoms with Crippen molar-refractivity contribution in [1.29, 1.82) is 0 Å². The summed E-state index contributed by atoms with van der Waals surface area (Å²) in [6.07, 6.45) is 1.91. The predicted molar refractivity (Wildman–Crippen MR) is 91.6 cm³/mol. The number of benzene rings is 1. The zero-order valence-electron chi connectivity index (χ0n) is 13.6. The molecule has 2 aromatic heterocycles. The second kappa shape index (κ2) is 7.48. The molecule has 0 bridgehead atoms. The van der Waals surface area contributed by atoms with Gasteiger partial charge in [0.2, 0.25) is 5.56 Å². The SMILES string of the molecule is COc1cccc(-c2cc(CCNC(=O)c3ccc(=O)[nH]c3)no2)c1. The summed E-state index contributed by atoms with van der Waals surface area (Å²) < 4.78 is 10.5. The Hall–Kier alpha value is -3.35. The number of nitrogens with zero attached hydrogens (tertiary/aromatic N) is 1. The van der Waals surface area contributed by atoms with Gasteiger partial charge in [-0.25, -0.2) is 0 Å². The largest absolute Gasteiger partial charge is 0.497 e. The number of methoxy groups -OCH3 is 1. The average Bonchev–Trinajstić information content (AvgIpc) is 3.11. The van der Waals surface area contributed by atoms with Crippen molar-refractivity contribution in [3.63, 3.8) is 0 Å². The summed E-state index contributed by atoms with van der Waals surface area (Å²) in [7, 11) is 1.61. The van der Waals surface area contributed by atoms with Crippen LogP contribution in [0.4, 0.5) is 0 Å². The minimum Gasteiger partial charge on any atom is -0.497 e. The fourth-order valence-electron chi connectivity index (χ4n) is 2.30. The van der Waals surface area contributed by atoms with E-state index in [2.05, 4.69) is 15.5 Å². The molecule has 7 nitrogen and oxygen atoms in total. The van der Waals surface area contributed by atoms with E-state index in [-0.39, 0.29) is 11.5 Å². The molecular formula is C18H17N3O4. The van der Waals surface area contributed by atoms with E-state index in [1.54, 1.807) is 7.11 Å². The molecule has 25 heavy (non-hydrogen) atoms. The molecule has 3 rings (SSSR count). The number of hydrogen-bond donors (Lipinski definition) is 2. The molecule has 1 aromatic carbocycles. The van der Waals surface area contributed by atoms with Crippen LogP contribution in [0.5, 0.6) is 5.75 Å². The van der Waals surface area contributed by atoms with Crippen molar-refractivity contribution in [3.8, 4) is 17.1 Å². The maximum Gasteiger partial charge on any atom is 0.252 e. The van der Waals surface area contributed by atoms with E-state index < -0.39 is 0 Å². The molecule has 1 amide bonds. The highest BCUT2D eigenvalue weighted by Gasteiger charge is 2.09. The minimum atomic E-state index is -0.257. The van der Waals surface area contributed by atoms with Crippen LogP contribution in [-0.4, -0.2) is 29.7 Å². The summed E-state index contributed by atoms with van der Waals surface area (Å²) in [5.41, 5.74) is 1.76. The molecule has 7 heteroatoms. The number of pyridine rings is 1. The van der Waals surface area contributed by atoms with Crippen LogP contribution < -0.4 is 15.6 Å². The summed E-state index contributed by atoms with van der Waals surface area (Å²) >= 11 is 0. The van der Waals surface area contributed by atoms with E-state index in [1.165, 1.54) is 18.3 Å². The van der Waals surface area contributed by atoms with E-state index in [9.17, 15) is 9.59 Å². The van der Waals surface area contributed by atoms with Gasteiger partial charge >= 0.3 is 0 Å². The molecule has 0 unspecified atom stereocenters. The lowest BCUT2D eigenvalue weighted by molar-refractivity contribution is 0.0953. The highest BCUT2D eigenvalue weighted by molar-refractivity contribution is 5.93. The van der Waals surface area contributed by atoms with Gasteiger partial charge in [-0.1, -0.05) is 17.3 Å². The second-order valence-electron chi connectivity index (χ2n) is 5.36. The summed E-state index contributed by atoms with van der Waals surface area (Å²) in [6, 6.07) is 12.1. The van der Waals surface area contributed by atoms with Gasteiger partial charge in [0.25, 0.3) is 5.91 Å². The van der Waals surface area contributed by atoms with E-state index >= 15 is 0 Å². The van der Waals surface area contributed by atoms with Gasteiger partial charge < -0.3 is 19.6 Å². The van der Waals surface area contributed by atoms with Gasteiger partial charge in [-0.2, -0.15) is 0 Å². The first kappa shape index (κ1) is 16.5. The zero-order valence-corrected chi connectivity index (χ0v) is 13.6. The van der Waals surface area contributed by atoms with Gasteiger partial charge in [0.15, 0.2) is 5.76 Å². The van der Waals surface area contributed by atoms with Crippen molar-refractivity contribution >= 4 is 5.91 Å². The molecule has 0 saturated heterocycles. The summed E-state index contributed by atoms with van der Waals surface area (Å²) in [4.78, 5) is 25.4. The maximum absolute atomic E-state index is 12.0. The normalized spacial score (nSPS) is 10.4. The number of rotatable bonds is 6. The quantitative estimate of drug-likeness (QED) is 0.716. The van der Waals surface area contributed by atoms with Crippen LogP contribution in [0.15, 0.2) is 58.0 Å². The van der Waals surface area contributed by atoms with Gasteiger partial charge in [-0.05, 0) is 18.2 Å². The molecule has 0 aliphatic rings. The number of aromatic amines is 1. The molecule has 0 atom stereocenters. The van der Waals surface area contributed by atoms with Crippen molar-refractivity contribution in [2.45, 2.75) is 6.42 Å². The standard InChI is InChI=1S/C18H17N3O4/c1-24-15-4-2-3-12(9-15)16-10-14(21-25-16)7-8-19-18(23)13-5-6-17(22)20-11-13/h2-6,9-11H,7-8H2,1H3,(H,19,23)(H,20,22).